The lowest BCUT2D eigenvalue weighted by atomic mass is 10.1. The Morgan fingerprint density at radius 3 is 2.81 bits per heavy atom. The van der Waals surface area contributed by atoms with Crippen LogP contribution in [0.25, 0.3) is 16.8 Å². The lowest BCUT2D eigenvalue weighted by Gasteiger charge is -2.08. The monoisotopic (exact) mass is 436 g/mol. The number of fused-ring (bicyclic) bond motifs is 2. The Morgan fingerprint density at radius 2 is 1.94 bits per heavy atom. The van der Waals surface area contributed by atoms with Gasteiger partial charge in [-0.1, -0.05) is 29.8 Å². The Kier molecular flexibility index (Phi) is 4.83. The minimum absolute atomic E-state index is 0.107. The maximum Gasteiger partial charge on any atom is 0.277 e. The van der Waals surface area contributed by atoms with Gasteiger partial charge in [-0.25, -0.2) is 4.52 Å². The maximum absolute atomic E-state index is 12.9. The molecule has 0 bridgehead atoms. The first-order chi connectivity index (χ1) is 15.1. The Hall–Kier alpha value is -3.78. The van der Waals surface area contributed by atoms with Gasteiger partial charge in [0.25, 0.3) is 5.56 Å². The molecule has 0 saturated heterocycles. The average Bonchev–Trinajstić information content (AvgIpc) is 3.42. The minimum Gasteiger partial charge on any atom is -0.454 e. The third-order valence-electron chi connectivity index (χ3n) is 5.02. The molecular weight excluding hydrogens is 420 g/mol. The molecule has 1 amide bonds. The van der Waals surface area contributed by atoms with E-state index in [1.165, 1.54) is 9.08 Å². The molecule has 0 atom stereocenters. The van der Waals surface area contributed by atoms with Gasteiger partial charge in [-0.2, -0.15) is 5.10 Å². The molecule has 4 aromatic rings. The Balaban J connectivity index is 1.36. The van der Waals surface area contributed by atoms with Crippen LogP contribution in [-0.4, -0.2) is 26.9 Å². The number of carbonyl (C=O) groups excluding carboxylic acids is 1. The van der Waals surface area contributed by atoms with Crippen LogP contribution in [0.2, 0.25) is 5.02 Å². The number of aromatic nitrogens is 3. The predicted octanol–water partition coefficient (Wildman–Crippen LogP) is 2.86. The van der Waals surface area contributed by atoms with Crippen molar-refractivity contribution in [2.75, 3.05) is 6.79 Å². The summed E-state index contributed by atoms with van der Waals surface area (Å²) >= 11 is 6.11. The fourth-order valence-electron chi connectivity index (χ4n) is 3.39. The van der Waals surface area contributed by atoms with Crippen LogP contribution >= 0.6 is 11.6 Å². The van der Waals surface area contributed by atoms with Gasteiger partial charge in [0.1, 0.15) is 12.1 Å². The zero-order valence-corrected chi connectivity index (χ0v) is 17.0. The quantitative estimate of drug-likeness (QED) is 0.520. The molecule has 1 aliphatic rings. The molecule has 0 radical (unpaired) electrons. The summed E-state index contributed by atoms with van der Waals surface area (Å²) in [6.45, 7) is 0.369. The van der Waals surface area contributed by atoms with Crippen LogP contribution in [0, 0.1) is 0 Å². The number of hydrogen-bond donors (Lipinski definition) is 1. The zero-order valence-electron chi connectivity index (χ0n) is 16.2. The SMILES string of the molecule is O=C(Cn1ccn2nc(-c3ccc4c(c3)OCO4)cc2c1=O)NCc1ccccc1Cl. The van der Waals surface area contributed by atoms with Gasteiger partial charge in [0.15, 0.2) is 11.5 Å². The molecule has 9 heteroatoms. The van der Waals surface area contributed by atoms with E-state index in [1.54, 1.807) is 24.5 Å². The van der Waals surface area contributed by atoms with Crippen LogP contribution in [0.3, 0.4) is 0 Å². The molecule has 2 aromatic carbocycles. The average molecular weight is 437 g/mol. The summed E-state index contributed by atoms with van der Waals surface area (Å²) in [6, 6.07) is 14.5. The second kappa shape index (κ2) is 7.81. The van der Waals surface area contributed by atoms with Gasteiger partial charge in [0.2, 0.25) is 12.7 Å². The fraction of sp³-hybridized carbons (Fsp3) is 0.136. The van der Waals surface area contributed by atoms with E-state index in [9.17, 15) is 9.59 Å². The fourth-order valence-corrected chi connectivity index (χ4v) is 3.60. The van der Waals surface area contributed by atoms with E-state index < -0.39 is 0 Å². The molecule has 31 heavy (non-hydrogen) atoms. The molecule has 3 heterocycles. The minimum atomic E-state index is -0.310. The third-order valence-corrected chi connectivity index (χ3v) is 5.39. The highest BCUT2D eigenvalue weighted by molar-refractivity contribution is 6.31. The molecule has 2 aromatic heterocycles. The van der Waals surface area contributed by atoms with Crippen LogP contribution in [0.15, 0.2) is 65.7 Å². The number of benzene rings is 2. The summed E-state index contributed by atoms with van der Waals surface area (Å²) in [5.74, 6) is 1.03. The van der Waals surface area contributed by atoms with Crippen LogP contribution in [0.4, 0.5) is 0 Å². The molecule has 5 rings (SSSR count). The predicted molar refractivity (Wildman–Crippen MR) is 114 cm³/mol. The molecular formula is C22H17ClN4O4. The highest BCUT2D eigenvalue weighted by atomic mass is 35.5. The number of amides is 1. The topological polar surface area (TPSA) is 86.9 Å². The molecule has 1 aliphatic heterocycles. The number of nitrogens with zero attached hydrogens (tertiary/aromatic N) is 3. The molecule has 0 spiro atoms. The van der Waals surface area contributed by atoms with Gasteiger partial charge >= 0.3 is 0 Å². The first kappa shape index (κ1) is 19.2. The molecule has 156 valence electrons. The van der Waals surface area contributed by atoms with Crippen molar-refractivity contribution in [2.45, 2.75) is 13.1 Å². The van der Waals surface area contributed by atoms with Gasteiger partial charge in [0, 0.05) is 29.5 Å². The molecule has 0 fully saturated rings. The van der Waals surface area contributed by atoms with Crippen molar-refractivity contribution in [3.05, 3.63) is 81.9 Å². The van der Waals surface area contributed by atoms with Crippen molar-refractivity contribution in [1.82, 2.24) is 19.5 Å². The Bertz CT molecular complexity index is 1360. The number of hydrogen-bond acceptors (Lipinski definition) is 5. The standard InChI is InChI=1S/C22H17ClN4O4/c23-16-4-2-1-3-15(16)11-24-21(28)12-26-7-8-27-18(22(26)29)10-17(25-27)14-5-6-19-20(9-14)31-13-30-19/h1-10H,11-13H2,(H,24,28). The number of ether oxygens (including phenoxy) is 2. The van der Waals surface area contributed by atoms with Crippen molar-refractivity contribution in [3.8, 4) is 22.8 Å². The zero-order chi connectivity index (χ0) is 21.4. The molecule has 1 N–H and O–H groups in total. The van der Waals surface area contributed by atoms with Crippen molar-refractivity contribution < 1.29 is 14.3 Å². The van der Waals surface area contributed by atoms with Crippen LogP contribution in [0.5, 0.6) is 11.5 Å². The molecule has 0 aliphatic carbocycles. The Labute approximate surface area is 181 Å². The molecule has 8 nitrogen and oxygen atoms in total. The maximum atomic E-state index is 12.9. The first-order valence-electron chi connectivity index (χ1n) is 9.57. The van der Waals surface area contributed by atoms with E-state index in [1.807, 2.05) is 36.4 Å². The first-order valence-corrected chi connectivity index (χ1v) is 9.95. The lowest BCUT2D eigenvalue weighted by Crippen LogP contribution is -2.32. The van der Waals surface area contributed by atoms with Crippen molar-refractivity contribution in [2.24, 2.45) is 0 Å². The van der Waals surface area contributed by atoms with Crippen molar-refractivity contribution >= 4 is 23.0 Å². The molecule has 0 saturated carbocycles. The van der Waals surface area contributed by atoms with E-state index in [-0.39, 0.29) is 31.3 Å². The van der Waals surface area contributed by atoms with Gasteiger partial charge in [-0.15, -0.1) is 0 Å². The summed E-state index contributed by atoms with van der Waals surface area (Å²) < 4.78 is 13.6. The van der Waals surface area contributed by atoms with Gasteiger partial charge in [-0.05, 0) is 35.9 Å². The smallest absolute Gasteiger partial charge is 0.277 e. The summed E-state index contributed by atoms with van der Waals surface area (Å²) in [5.41, 5.74) is 2.29. The number of nitrogens with one attached hydrogen (secondary N) is 1. The molecule has 0 unspecified atom stereocenters. The van der Waals surface area contributed by atoms with Gasteiger partial charge in [-0.3, -0.25) is 9.59 Å². The highest BCUT2D eigenvalue weighted by Gasteiger charge is 2.16. The second-order valence-electron chi connectivity index (χ2n) is 7.03. The summed E-state index contributed by atoms with van der Waals surface area (Å²) in [4.78, 5) is 25.2. The van der Waals surface area contributed by atoms with E-state index in [2.05, 4.69) is 10.4 Å². The normalized spacial score (nSPS) is 12.3. The number of carbonyl (C=O) groups is 1. The van der Waals surface area contributed by atoms with E-state index in [4.69, 9.17) is 21.1 Å². The van der Waals surface area contributed by atoms with Crippen molar-refractivity contribution in [3.63, 3.8) is 0 Å². The van der Waals surface area contributed by atoms with Crippen LogP contribution < -0.4 is 20.3 Å². The highest BCUT2D eigenvalue weighted by Crippen LogP contribution is 2.35. The van der Waals surface area contributed by atoms with Crippen LogP contribution in [-0.2, 0) is 17.9 Å². The van der Waals surface area contributed by atoms with Crippen LogP contribution in [0.1, 0.15) is 5.56 Å². The van der Waals surface area contributed by atoms with E-state index in [0.717, 1.165) is 11.1 Å². The van der Waals surface area contributed by atoms with E-state index >= 15 is 0 Å². The summed E-state index contributed by atoms with van der Waals surface area (Å²) in [5, 5.41) is 7.83. The van der Waals surface area contributed by atoms with Gasteiger partial charge in [0.05, 0.1) is 5.69 Å². The largest absolute Gasteiger partial charge is 0.454 e. The third kappa shape index (κ3) is 3.73. The Morgan fingerprint density at radius 1 is 1.10 bits per heavy atom. The van der Waals surface area contributed by atoms with Gasteiger partial charge < -0.3 is 19.4 Å². The van der Waals surface area contributed by atoms with E-state index in [0.29, 0.717) is 27.7 Å². The summed E-state index contributed by atoms with van der Waals surface area (Å²) in [7, 11) is 0. The lowest BCUT2D eigenvalue weighted by molar-refractivity contribution is -0.121. The van der Waals surface area contributed by atoms with Crippen molar-refractivity contribution in [1.29, 1.82) is 0 Å². The number of rotatable bonds is 5. The summed E-state index contributed by atoms with van der Waals surface area (Å²) in [6.07, 6.45) is 3.19. The number of halogens is 1. The second-order valence-corrected chi connectivity index (χ2v) is 7.43.